The lowest BCUT2D eigenvalue weighted by atomic mass is 10.2. The first-order valence-corrected chi connectivity index (χ1v) is 4.55. The summed E-state index contributed by atoms with van der Waals surface area (Å²) in [5, 5.41) is 0. The molecule has 8 heavy (non-hydrogen) atoms. The summed E-state index contributed by atoms with van der Waals surface area (Å²) in [6.07, 6.45) is 0.919. The summed E-state index contributed by atoms with van der Waals surface area (Å²) in [6, 6.07) is 0. The molecule has 0 atom stereocenters. The minimum absolute atomic E-state index is 0.395. The Labute approximate surface area is 64.0 Å². The molecule has 0 N–H and O–H groups in total. The van der Waals surface area contributed by atoms with E-state index >= 15 is 0 Å². The Morgan fingerprint density at radius 1 is 1.50 bits per heavy atom. The van der Waals surface area contributed by atoms with Crippen molar-refractivity contribution in [1.29, 1.82) is 0 Å². The molecule has 0 rings (SSSR count). The van der Waals surface area contributed by atoms with Crippen LogP contribution >= 0.6 is 23.2 Å². The highest BCUT2D eigenvalue weighted by Crippen LogP contribution is 2.24. The zero-order valence-corrected chi connectivity index (χ0v) is 9.05. The minimum atomic E-state index is -0.395. The van der Waals surface area contributed by atoms with Crippen LogP contribution in [0.3, 0.4) is 0 Å². The normalized spacial score (nSPS) is 13.1. The summed E-state index contributed by atoms with van der Waals surface area (Å²) < 4.78 is -0.395. The SMILES string of the molecule is CC(C)CC([SiH3])(Cl)Cl. The van der Waals surface area contributed by atoms with Crippen LogP contribution in [0, 0.1) is 5.92 Å². The van der Waals surface area contributed by atoms with Crippen LogP contribution in [0.5, 0.6) is 0 Å². The summed E-state index contributed by atoms with van der Waals surface area (Å²) in [4.78, 5) is 0. The predicted molar refractivity (Wildman–Crippen MR) is 43.8 cm³/mol. The van der Waals surface area contributed by atoms with Crippen molar-refractivity contribution in [3.8, 4) is 0 Å². The van der Waals surface area contributed by atoms with Crippen LogP contribution in [0.1, 0.15) is 20.3 Å². The molecule has 0 heterocycles. The smallest absolute Gasteiger partial charge is 0.0974 e. The number of hydrogen-bond donors (Lipinski definition) is 0. The van der Waals surface area contributed by atoms with Gasteiger partial charge in [-0.25, -0.2) is 0 Å². The largest absolute Gasteiger partial charge is 0.107 e. The summed E-state index contributed by atoms with van der Waals surface area (Å²) >= 11 is 11.5. The second-order valence-corrected chi connectivity index (χ2v) is 7.50. The molecule has 0 unspecified atom stereocenters. The second kappa shape index (κ2) is 3.09. The van der Waals surface area contributed by atoms with Gasteiger partial charge in [0.05, 0.1) is 3.96 Å². The lowest BCUT2D eigenvalue weighted by molar-refractivity contribution is 0.596. The van der Waals surface area contributed by atoms with E-state index in [1.54, 1.807) is 0 Å². The van der Waals surface area contributed by atoms with E-state index in [9.17, 15) is 0 Å². The van der Waals surface area contributed by atoms with Crippen molar-refractivity contribution in [3.05, 3.63) is 0 Å². The summed E-state index contributed by atoms with van der Waals surface area (Å²) in [7, 11) is 0.857. The molecule has 0 saturated heterocycles. The molecular formula is C5H12Cl2Si. The Hall–Kier alpha value is 0.797. The first kappa shape index (κ1) is 8.80. The molecule has 0 aromatic heterocycles. The fourth-order valence-electron chi connectivity index (χ4n) is 0.717. The number of rotatable bonds is 2. The van der Waals surface area contributed by atoms with Gasteiger partial charge >= 0.3 is 0 Å². The van der Waals surface area contributed by atoms with Crippen molar-refractivity contribution in [2.45, 2.75) is 24.2 Å². The monoisotopic (exact) mass is 170 g/mol. The highest BCUT2D eigenvalue weighted by atomic mass is 35.5. The van der Waals surface area contributed by atoms with Crippen LogP contribution in [0.2, 0.25) is 0 Å². The lowest BCUT2D eigenvalue weighted by Crippen LogP contribution is -2.14. The van der Waals surface area contributed by atoms with E-state index < -0.39 is 3.96 Å². The quantitative estimate of drug-likeness (QED) is 0.436. The number of alkyl halides is 2. The Bertz CT molecular complexity index is 65.3. The Kier molecular flexibility index (Phi) is 3.40. The second-order valence-electron chi connectivity index (χ2n) is 2.67. The third-order valence-corrected chi connectivity index (χ3v) is 1.48. The maximum atomic E-state index is 5.76. The minimum Gasteiger partial charge on any atom is -0.107 e. The molecular weight excluding hydrogens is 159 g/mol. The van der Waals surface area contributed by atoms with Gasteiger partial charge < -0.3 is 0 Å². The van der Waals surface area contributed by atoms with E-state index in [2.05, 4.69) is 13.8 Å². The van der Waals surface area contributed by atoms with Gasteiger partial charge in [0.15, 0.2) is 0 Å². The van der Waals surface area contributed by atoms with E-state index in [0.29, 0.717) is 5.92 Å². The van der Waals surface area contributed by atoms with Crippen LogP contribution in [-0.2, 0) is 0 Å². The fraction of sp³-hybridized carbons (Fsp3) is 1.00. The molecule has 0 radical (unpaired) electrons. The van der Waals surface area contributed by atoms with Crippen molar-refractivity contribution in [2.75, 3.05) is 0 Å². The van der Waals surface area contributed by atoms with Crippen molar-refractivity contribution in [2.24, 2.45) is 5.92 Å². The first-order chi connectivity index (χ1) is 3.42. The number of hydrogen-bond acceptors (Lipinski definition) is 0. The molecule has 0 bridgehead atoms. The average Bonchev–Trinajstić information content (AvgIpc) is 1.21. The Morgan fingerprint density at radius 3 is 1.88 bits per heavy atom. The number of halogens is 2. The molecule has 0 aromatic rings. The molecule has 0 spiro atoms. The molecule has 0 saturated carbocycles. The van der Waals surface area contributed by atoms with Gasteiger partial charge in [-0.3, -0.25) is 0 Å². The molecule has 0 nitrogen and oxygen atoms in total. The van der Waals surface area contributed by atoms with Crippen LogP contribution in [0.4, 0.5) is 0 Å². The van der Waals surface area contributed by atoms with Crippen LogP contribution in [0.25, 0.3) is 0 Å². The van der Waals surface area contributed by atoms with E-state index in [1.807, 2.05) is 0 Å². The van der Waals surface area contributed by atoms with Crippen molar-refractivity contribution in [3.63, 3.8) is 0 Å². The predicted octanol–water partition coefficient (Wildman–Crippen LogP) is 1.53. The zero-order chi connectivity index (χ0) is 6.78. The topological polar surface area (TPSA) is 0 Å². The fourth-order valence-corrected chi connectivity index (χ4v) is 2.15. The average molecular weight is 171 g/mol. The highest BCUT2D eigenvalue weighted by molar-refractivity contribution is 6.65. The molecule has 0 aliphatic rings. The summed E-state index contributed by atoms with van der Waals surface area (Å²) in [6.45, 7) is 4.24. The summed E-state index contributed by atoms with van der Waals surface area (Å²) in [5.74, 6) is 0.613. The van der Waals surface area contributed by atoms with Gasteiger partial charge in [-0.05, 0) is 12.3 Å². The van der Waals surface area contributed by atoms with Crippen LogP contribution in [0.15, 0.2) is 0 Å². The first-order valence-electron chi connectivity index (χ1n) is 2.79. The molecule has 0 fully saturated rings. The Morgan fingerprint density at radius 2 is 1.88 bits per heavy atom. The zero-order valence-electron chi connectivity index (χ0n) is 5.54. The summed E-state index contributed by atoms with van der Waals surface area (Å²) in [5.41, 5.74) is 0. The van der Waals surface area contributed by atoms with Crippen LogP contribution in [-0.4, -0.2) is 14.2 Å². The molecule has 50 valence electrons. The van der Waals surface area contributed by atoms with E-state index in [-0.39, 0.29) is 0 Å². The van der Waals surface area contributed by atoms with Gasteiger partial charge in [0.1, 0.15) is 0 Å². The lowest BCUT2D eigenvalue weighted by Gasteiger charge is -2.14. The van der Waals surface area contributed by atoms with E-state index in [4.69, 9.17) is 23.2 Å². The van der Waals surface area contributed by atoms with Crippen molar-refractivity contribution in [1.82, 2.24) is 0 Å². The van der Waals surface area contributed by atoms with Gasteiger partial charge in [0.2, 0.25) is 0 Å². The van der Waals surface area contributed by atoms with Gasteiger partial charge in [-0.2, -0.15) is 0 Å². The van der Waals surface area contributed by atoms with Gasteiger partial charge in [-0.15, -0.1) is 23.2 Å². The molecule has 0 aromatic carbocycles. The molecule has 3 heteroatoms. The third-order valence-electron chi connectivity index (χ3n) is 0.767. The van der Waals surface area contributed by atoms with Gasteiger partial charge in [0, 0.05) is 10.2 Å². The molecule has 0 amide bonds. The Balaban J connectivity index is 3.39. The highest BCUT2D eigenvalue weighted by Gasteiger charge is 2.16. The maximum absolute atomic E-state index is 5.76. The third kappa shape index (κ3) is 6.80. The van der Waals surface area contributed by atoms with Crippen molar-refractivity contribution >= 4 is 33.4 Å². The standard InChI is InChI=1S/C5H12Cl2Si/c1-4(2)3-5(6,7)8/h4H,3H2,1-2,8H3. The maximum Gasteiger partial charge on any atom is 0.0974 e. The van der Waals surface area contributed by atoms with Gasteiger partial charge in [-0.1, -0.05) is 13.8 Å². The molecule has 0 aliphatic heterocycles. The molecule has 0 aliphatic carbocycles. The van der Waals surface area contributed by atoms with E-state index in [1.165, 1.54) is 0 Å². The van der Waals surface area contributed by atoms with Crippen molar-refractivity contribution < 1.29 is 0 Å². The van der Waals surface area contributed by atoms with Crippen LogP contribution < -0.4 is 0 Å². The van der Waals surface area contributed by atoms with Gasteiger partial charge in [0.25, 0.3) is 0 Å². The van der Waals surface area contributed by atoms with E-state index in [0.717, 1.165) is 16.7 Å².